The van der Waals surface area contributed by atoms with Crippen molar-refractivity contribution >= 4 is 29.1 Å². The van der Waals surface area contributed by atoms with Crippen molar-refractivity contribution in [3.05, 3.63) is 70.6 Å². The SMILES string of the molecule is C=CC[C@@H](N[C@@H](C)CC(N)=O)c1ccc(Cl)c(C(=O)c2ccc(N)nc2)c1F. The lowest BCUT2D eigenvalue weighted by atomic mass is 9.95. The molecule has 0 bridgehead atoms. The van der Waals surface area contributed by atoms with Crippen LogP contribution in [0.25, 0.3) is 0 Å². The molecule has 1 amide bonds. The molecule has 6 nitrogen and oxygen atoms in total. The van der Waals surface area contributed by atoms with Gasteiger partial charge in [0, 0.05) is 35.8 Å². The topological polar surface area (TPSA) is 111 Å². The summed E-state index contributed by atoms with van der Waals surface area (Å²) in [6, 6.07) is 5.08. The number of nitrogen functional groups attached to an aromatic ring is 1. The highest BCUT2D eigenvalue weighted by Crippen LogP contribution is 2.30. The van der Waals surface area contributed by atoms with Crippen LogP contribution in [-0.4, -0.2) is 22.7 Å². The molecule has 0 saturated heterocycles. The van der Waals surface area contributed by atoms with Crippen LogP contribution in [0.2, 0.25) is 5.02 Å². The molecule has 0 aliphatic carbocycles. The van der Waals surface area contributed by atoms with Crippen LogP contribution in [0, 0.1) is 5.82 Å². The van der Waals surface area contributed by atoms with Gasteiger partial charge in [0.15, 0.2) is 5.78 Å². The van der Waals surface area contributed by atoms with Gasteiger partial charge in [-0.2, -0.15) is 0 Å². The Morgan fingerprint density at radius 1 is 1.36 bits per heavy atom. The predicted octanol–water partition coefficient (Wildman–Crippen LogP) is 3.16. The summed E-state index contributed by atoms with van der Waals surface area (Å²) in [6.07, 6.45) is 3.35. The van der Waals surface area contributed by atoms with Gasteiger partial charge < -0.3 is 16.8 Å². The molecular formula is C20H22ClFN4O2. The molecule has 0 unspecified atom stereocenters. The Balaban J connectivity index is 2.43. The van der Waals surface area contributed by atoms with Crippen LogP contribution in [0.5, 0.6) is 0 Å². The molecule has 8 heteroatoms. The van der Waals surface area contributed by atoms with Crippen LogP contribution in [0.15, 0.2) is 43.1 Å². The molecule has 0 fully saturated rings. The molecule has 148 valence electrons. The lowest BCUT2D eigenvalue weighted by Gasteiger charge is -2.23. The monoisotopic (exact) mass is 404 g/mol. The van der Waals surface area contributed by atoms with Gasteiger partial charge in [0.05, 0.1) is 10.6 Å². The van der Waals surface area contributed by atoms with Crippen molar-refractivity contribution in [3.63, 3.8) is 0 Å². The van der Waals surface area contributed by atoms with E-state index in [1.807, 2.05) is 0 Å². The van der Waals surface area contributed by atoms with E-state index >= 15 is 4.39 Å². The summed E-state index contributed by atoms with van der Waals surface area (Å²) < 4.78 is 15.3. The summed E-state index contributed by atoms with van der Waals surface area (Å²) in [4.78, 5) is 27.8. The minimum Gasteiger partial charge on any atom is -0.384 e. The molecule has 0 saturated carbocycles. The zero-order valence-corrected chi connectivity index (χ0v) is 16.2. The number of nitrogens with two attached hydrogens (primary N) is 2. The Morgan fingerprint density at radius 3 is 2.64 bits per heavy atom. The highest BCUT2D eigenvalue weighted by molar-refractivity contribution is 6.35. The standard InChI is InChI=1S/C20H22ClFN4O2/c1-3-4-15(26-11(2)9-17(24)27)13-6-7-14(21)18(19(13)22)20(28)12-5-8-16(23)25-10-12/h3,5-8,10-11,15,26H,1,4,9H2,2H3,(H2,23,25)(H2,24,27)/t11-,15+/m0/s1. The quantitative estimate of drug-likeness (QED) is 0.439. The molecule has 0 aliphatic rings. The normalized spacial score (nSPS) is 13.0. The number of amides is 1. The summed E-state index contributed by atoms with van der Waals surface area (Å²) >= 11 is 6.13. The van der Waals surface area contributed by atoms with Gasteiger partial charge in [0.1, 0.15) is 11.6 Å². The third-order valence-electron chi connectivity index (χ3n) is 4.17. The molecule has 2 aromatic rings. The molecule has 5 N–H and O–H groups in total. The van der Waals surface area contributed by atoms with E-state index in [2.05, 4.69) is 16.9 Å². The number of nitrogens with one attached hydrogen (secondary N) is 1. The number of carbonyl (C=O) groups is 2. The number of rotatable bonds is 9. The molecule has 1 heterocycles. The maximum absolute atomic E-state index is 15.3. The van der Waals surface area contributed by atoms with Gasteiger partial charge >= 0.3 is 0 Å². The highest BCUT2D eigenvalue weighted by Gasteiger charge is 2.25. The number of halogens is 2. The van der Waals surface area contributed by atoms with Crippen LogP contribution in [0.3, 0.4) is 0 Å². The number of ketones is 1. The Kier molecular flexibility index (Phi) is 7.25. The van der Waals surface area contributed by atoms with Crippen molar-refractivity contribution < 1.29 is 14.0 Å². The van der Waals surface area contributed by atoms with E-state index in [-0.39, 0.29) is 40.0 Å². The zero-order valence-electron chi connectivity index (χ0n) is 15.4. The number of anilines is 1. The lowest BCUT2D eigenvalue weighted by Crippen LogP contribution is -2.34. The van der Waals surface area contributed by atoms with E-state index in [1.165, 1.54) is 30.5 Å². The van der Waals surface area contributed by atoms with E-state index in [1.54, 1.807) is 13.0 Å². The largest absolute Gasteiger partial charge is 0.384 e. The minimum absolute atomic E-state index is 0.00869. The Morgan fingerprint density at radius 2 is 2.07 bits per heavy atom. The number of nitrogens with zero attached hydrogens (tertiary/aromatic N) is 1. The Labute approximate surface area is 167 Å². The van der Waals surface area contributed by atoms with Gasteiger partial charge in [-0.05, 0) is 31.5 Å². The third-order valence-corrected chi connectivity index (χ3v) is 4.48. The fraction of sp³-hybridized carbons (Fsp3) is 0.250. The fourth-order valence-electron chi connectivity index (χ4n) is 2.89. The van der Waals surface area contributed by atoms with Gasteiger partial charge in [-0.25, -0.2) is 9.37 Å². The predicted molar refractivity (Wildman–Crippen MR) is 107 cm³/mol. The number of aromatic nitrogens is 1. The van der Waals surface area contributed by atoms with Crippen LogP contribution in [-0.2, 0) is 4.79 Å². The Bertz CT molecular complexity index is 887. The summed E-state index contributed by atoms with van der Waals surface area (Å²) in [5.74, 6) is -1.56. The number of hydrogen-bond acceptors (Lipinski definition) is 5. The highest BCUT2D eigenvalue weighted by atomic mass is 35.5. The van der Waals surface area contributed by atoms with Gasteiger partial charge in [-0.15, -0.1) is 6.58 Å². The number of pyridine rings is 1. The number of primary amides is 1. The van der Waals surface area contributed by atoms with Crippen molar-refractivity contribution in [2.45, 2.75) is 31.8 Å². The zero-order chi connectivity index (χ0) is 20.8. The number of benzene rings is 1. The molecule has 1 aromatic heterocycles. The third kappa shape index (κ3) is 5.15. The molecule has 0 radical (unpaired) electrons. The van der Waals surface area contributed by atoms with Crippen molar-refractivity contribution in [1.29, 1.82) is 0 Å². The number of hydrogen-bond donors (Lipinski definition) is 3. The smallest absolute Gasteiger partial charge is 0.218 e. The van der Waals surface area contributed by atoms with E-state index < -0.39 is 23.5 Å². The molecule has 0 spiro atoms. The van der Waals surface area contributed by atoms with E-state index in [9.17, 15) is 9.59 Å². The summed E-state index contributed by atoms with van der Waals surface area (Å²) in [5, 5.41) is 3.14. The molecule has 2 rings (SSSR count). The minimum atomic E-state index is -0.736. The summed E-state index contributed by atoms with van der Waals surface area (Å²) in [7, 11) is 0. The van der Waals surface area contributed by atoms with E-state index in [4.69, 9.17) is 23.1 Å². The van der Waals surface area contributed by atoms with Gasteiger partial charge in [0.25, 0.3) is 0 Å². The fourth-order valence-corrected chi connectivity index (χ4v) is 3.12. The molecule has 2 atom stereocenters. The van der Waals surface area contributed by atoms with Crippen molar-refractivity contribution in [2.24, 2.45) is 5.73 Å². The first-order valence-electron chi connectivity index (χ1n) is 8.64. The first-order chi connectivity index (χ1) is 13.2. The van der Waals surface area contributed by atoms with Crippen LogP contribution >= 0.6 is 11.6 Å². The van der Waals surface area contributed by atoms with Crippen LogP contribution in [0.1, 0.15) is 47.3 Å². The van der Waals surface area contributed by atoms with Crippen molar-refractivity contribution in [3.8, 4) is 0 Å². The lowest BCUT2D eigenvalue weighted by molar-refractivity contribution is -0.118. The summed E-state index contributed by atoms with van der Waals surface area (Å²) in [5.41, 5.74) is 10.9. The van der Waals surface area contributed by atoms with Gasteiger partial charge in [-0.3, -0.25) is 9.59 Å². The molecule has 28 heavy (non-hydrogen) atoms. The van der Waals surface area contributed by atoms with Crippen molar-refractivity contribution in [2.75, 3.05) is 5.73 Å². The number of carbonyl (C=O) groups excluding carboxylic acids is 2. The van der Waals surface area contributed by atoms with Gasteiger partial charge in [0.2, 0.25) is 5.91 Å². The average Bonchev–Trinajstić information content (AvgIpc) is 2.61. The molecule has 0 aliphatic heterocycles. The average molecular weight is 405 g/mol. The van der Waals surface area contributed by atoms with E-state index in [0.29, 0.717) is 6.42 Å². The first-order valence-corrected chi connectivity index (χ1v) is 9.01. The first kappa shape index (κ1) is 21.5. The van der Waals surface area contributed by atoms with Crippen LogP contribution in [0.4, 0.5) is 10.2 Å². The Hall–Kier alpha value is -2.77. The van der Waals surface area contributed by atoms with Crippen molar-refractivity contribution in [1.82, 2.24) is 10.3 Å². The van der Waals surface area contributed by atoms with Gasteiger partial charge in [-0.1, -0.05) is 23.7 Å². The molecule has 1 aromatic carbocycles. The maximum Gasteiger partial charge on any atom is 0.218 e. The van der Waals surface area contributed by atoms with Crippen LogP contribution < -0.4 is 16.8 Å². The summed E-state index contributed by atoms with van der Waals surface area (Å²) in [6.45, 7) is 5.45. The second-order valence-electron chi connectivity index (χ2n) is 6.44. The molecular weight excluding hydrogens is 383 g/mol. The second-order valence-corrected chi connectivity index (χ2v) is 6.85. The maximum atomic E-state index is 15.3. The van der Waals surface area contributed by atoms with E-state index in [0.717, 1.165) is 0 Å². The second kappa shape index (κ2) is 9.43.